The van der Waals surface area contributed by atoms with Crippen molar-refractivity contribution in [2.75, 3.05) is 26.2 Å². The van der Waals surface area contributed by atoms with E-state index in [0.717, 1.165) is 17.7 Å². The van der Waals surface area contributed by atoms with Gasteiger partial charge in [0.15, 0.2) is 11.7 Å². The van der Waals surface area contributed by atoms with Crippen LogP contribution in [0.15, 0.2) is 46.0 Å². The second kappa shape index (κ2) is 11.0. The first-order chi connectivity index (χ1) is 13.1. The number of furan rings is 1. The highest BCUT2D eigenvalue weighted by Gasteiger charge is 2.11. The van der Waals surface area contributed by atoms with Crippen LogP contribution in [-0.2, 0) is 6.42 Å². The normalized spacial score (nSPS) is 11.3. The van der Waals surface area contributed by atoms with Gasteiger partial charge in [0.05, 0.1) is 6.26 Å². The number of nitrogens with zero attached hydrogens (tertiary/aromatic N) is 1. The fourth-order valence-corrected chi connectivity index (χ4v) is 2.52. The molecular formula is C20H27FN4O2. The van der Waals surface area contributed by atoms with Crippen LogP contribution >= 0.6 is 0 Å². The maximum Gasteiger partial charge on any atom is 0.287 e. The molecule has 0 atom stereocenters. The summed E-state index contributed by atoms with van der Waals surface area (Å²) in [6.07, 6.45) is 2.93. The molecule has 2 rings (SSSR count). The van der Waals surface area contributed by atoms with Crippen LogP contribution in [0.1, 0.15) is 35.0 Å². The van der Waals surface area contributed by atoms with Gasteiger partial charge in [0.1, 0.15) is 5.82 Å². The van der Waals surface area contributed by atoms with Crippen molar-refractivity contribution in [3.8, 4) is 0 Å². The molecule has 0 radical (unpaired) electrons. The van der Waals surface area contributed by atoms with Crippen molar-refractivity contribution < 1.29 is 13.6 Å². The Hall–Kier alpha value is -2.83. The monoisotopic (exact) mass is 374 g/mol. The average molecular weight is 374 g/mol. The lowest BCUT2D eigenvalue weighted by Crippen LogP contribution is -2.38. The maximum absolute atomic E-state index is 13.2. The molecule has 1 aromatic heterocycles. The van der Waals surface area contributed by atoms with E-state index in [9.17, 15) is 9.18 Å². The van der Waals surface area contributed by atoms with Crippen LogP contribution in [0, 0.1) is 12.7 Å². The largest absolute Gasteiger partial charge is 0.459 e. The first-order valence-electron chi connectivity index (χ1n) is 9.19. The zero-order chi connectivity index (χ0) is 19.5. The highest BCUT2D eigenvalue weighted by atomic mass is 19.1. The highest BCUT2D eigenvalue weighted by Crippen LogP contribution is 2.08. The number of hydrogen-bond donors (Lipinski definition) is 3. The highest BCUT2D eigenvalue weighted by molar-refractivity contribution is 5.92. The fraction of sp³-hybridized carbons (Fsp3) is 0.400. The Morgan fingerprint density at radius 1 is 1.19 bits per heavy atom. The van der Waals surface area contributed by atoms with Crippen LogP contribution in [0.25, 0.3) is 0 Å². The number of halogens is 1. The summed E-state index contributed by atoms with van der Waals surface area (Å²) in [5.41, 5.74) is 1.76. The summed E-state index contributed by atoms with van der Waals surface area (Å²) >= 11 is 0. The lowest BCUT2D eigenvalue weighted by Gasteiger charge is -2.11. The first kappa shape index (κ1) is 20.5. The number of rotatable bonds is 9. The molecule has 0 aliphatic carbocycles. The van der Waals surface area contributed by atoms with E-state index in [1.54, 1.807) is 12.1 Å². The maximum atomic E-state index is 13.2. The van der Waals surface area contributed by atoms with Crippen molar-refractivity contribution in [1.82, 2.24) is 16.0 Å². The van der Waals surface area contributed by atoms with E-state index in [0.29, 0.717) is 44.2 Å². The molecule has 1 aromatic carbocycles. The lowest BCUT2D eigenvalue weighted by atomic mass is 10.1. The molecular weight excluding hydrogens is 347 g/mol. The molecule has 146 valence electrons. The standard InChI is InChI=1S/C20H27FN4O2/c1-3-22-20(25-12-8-16-6-4-7-17(21)14-16)24-11-5-10-23-19(26)18-15(2)9-13-27-18/h4,6-7,9,13-14H,3,5,8,10-12H2,1-2H3,(H,23,26)(H2,22,24,25). The topological polar surface area (TPSA) is 78.7 Å². The van der Waals surface area contributed by atoms with Gasteiger partial charge in [-0.25, -0.2) is 4.39 Å². The van der Waals surface area contributed by atoms with Gasteiger partial charge in [-0.3, -0.25) is 9.79 Å². The number of hydrogen-bond acceptors (Lipinski definition) is 3. The SMILES string of the molecule is CCNC(=NCCCNC(=O)c1occc1C)NCCc1cccc(F)c1. The van der Waals surface area contributed by atoms with Crippen molar-refractivity contribution >= 4 is 11.9 Å². The molecule has 0 saturated heterocycles. The quantitative estimate of drug-likeness (QED) is 0.358. The predicted octanol–water partition coefficient (Wildman–Crippen LogP) is 2.64. The smallest absolute Gasteiger partial charge is 0.287 e. The van der Waals surface area contributed by atoms with E-state index < -0.39 is 0 Å². The number of carbonyl (C=O) groups excluding carboxylic acids is 1. The van der Waals surface area contributed by atoms with Crippen LogP contribution in [0.5, 0.6) is 0 Å². The molecule has 7 heteroatoms. The third-order valence-electron chi connectivity index (χ3n) is 3.90. The first-order valence-corrected chi connectivity index (χ1v) is 9.19. The molecule has 3 N–H and O–H groups in total. The molecule has 0 spiro atoms. The van der Waals surface area contributed by atoms with Crippen molar-refractivity contribution in [2.45, 2.75) is 26.7 Å². The van der Waals surface area contributed by atoms with E-state index in [-0.39, 0.29) is 11.7 Å². The molecule has 0 aliphatic rings. The van der Waals surface area contributed by atoms with Crippen molar-refractivity contribution in [3.05, 3.63) is 59.3 Å². The second-order valence-electron chi connectivity index (χ2n) is 6.11. The third kappa shape index (κ3) is 7.13. The van der Waals surface area contributed by atoms with Crippen LogP contribution in [0.2, 0.25) is 0 Å². The summed E-state index contributed by atoms with van der Waals surface area (Å²) < 4.78 is 18.3. The van der Waals surface area contributed by atoms with Crippen molar-refractivity contribution in [2.24, 2.45) is 4.99 Å². The minimum atomic E-state index is -0.222. The summed E-state index contributed by atoms with van der Waals surface area (Å²) in [5, 5.41) is 9.23. The number of carbonyl (C=O) groups is 1. The Balaban J connectivity index is 1.69. The minimum Gasteiger partial charge on any atom is -0.459 e. The van der Waals surface area contributed by atoms with Gasteiger partial charge in [-0.2, -0.15) is 0 Å². The van der Waals surface area contributed by atoms with Crippen molar-refractivity contribution in [3.63, 3.8) is 0 Å². The van der Waals surface area contributed by atoms with E-state index in [1.165, 1.54) is 18.4 Å². The lowest BCUT2D eigenvalue weighted by molar-refractivity contribution is 0.0925. The molecule has 0 saturated carbocycles. The van der Waals surface area contributed by atoms with Crippen LogP contribution in [0.3, 0.4) is 0 Å². The van der Waals surface area contributed by atoms with Gasteiger partial charge in [-0.05, 0) is 50.5 Å². The Morgan fingerprint density at radius 3 is 2.74 bits per heavy atom. The Morgan fingerprint density at radius 2 is 2.04 bits per heavy atom. The molecule has 27 heavy (non-hydrogen) atoms. The zero-order valence-electron chi connectivity index (χ0n) is 15.8. The third-order valence-corrected chi connectivity index (χ3v) is 3.90. The van der Waals surface area contributed by atoms with Gasteiger partial charge in [0, 0.05) is 31.7 Å². The van der Waals surface area contributed by atoms with Gasteiger partial charge in [0.2, 0.25) is 0 Å². The molecule has 2 aromatic rings. The number of benzene rings is 1. The number of guanidine groups is 1. The second-order valence-corrected chi connectivity index (χ2v) is 6.11. The average Bonchev–Trinajstić information content (AvgIpc) is 3.07. The zero-order valence-corrected chi connectivity index (χ0v) is 15.8. The van der Waals surface area contributed by atoms with E-state index in [4.69, 9.17) is 4.42 Å². The molecule has 1 heterocycles. The van der Waals surface area contributed by atoms with Crippen LogP contribution in [-0.4, -0.2) is 38.0 Å². The van der Waals surface area contributed by atoms with Gasteiger partial charge >= 0.3 is 0 Å². The molecule has 6 nitrogen and oxygen atoms in total. The van der Waals surface area contributed by atoms with Gasteiger partial charge in [-0.1, -0.05) is 12.1 Å². The van der Waals surface area contributed by atoms with Gasteiger partial charge in [-0.15, -0.1) is 0 Å². The molecule has 0 fully saturated rings. The summed E-state index contributed by atoms with van der Waals surface area (Å²) in [6.45, 7) is 6.33. The Bertz CT molecular complexity index is 758. The van der Waals surface area contributed by atoms with E-state index >= 15 is 0 Å². The summed E-state index contributed by atoms with van der Waals surface area (Å²) in [5.74, 6) is 0.634. The van der Waals surface area contributed by atoms with Crippen LogP contribution < -0.4 is 16.0 Å². The number of aryl methyl sites for hydroxylation is 1. The molecule has 0 unspecified atom stereocenters. The number of aliphatic imine (C=N–C) groups is 1. The van der Waals surface area contributed by atoms with Gasteiger partial charge < -0.3 is 20.4 Å². The minimum absolute atomic E-state index is 0.207. The van der Waals surface area contributed by atoms with E-state index in [2.05, 4.69) is 20.9 Å². The van der Waals surface area contributed by atoms with Crippen molar-refractivity contribution in [1.29, 1.82) is 0 Å². The fourth-order valence-electron chi connectivity index (χ4n) is 2.52. The predicted molar refractivity (Wildman–Crippen MR) is 104 cm³/mol. The van der Waals surface area contributed by atoms with Crippen LogP contribution in [0.4, 0.5) is 4.39 Å². The molecule has 1 amide bonds. The summed E-state index contributed by atoms with van der Waals surface area (Å²) in [7, 11) is 0. The Labute approximate surface area is 159 Å². The number of nitrogens with one attached hydrogen (secondary N) is 3. The summed E-state index contributed by atoms with van der Waals surface area (Å²) in [6, 6.07) is 8.35. The molecule has 0 aliphatic heterocycles. The van der Waals surface area contributed by atoms with E-state index in [1.807, 2.05) is 19.9 Å². The number of amides is 1. The molecule has 0 bridgehead atoms. The Kier molecular flexibility index (Phi) is 8.35. The van der Waals surface area contributed by atoms with Gasteiger partial charge in [0.25, 0.3) is 5.91 Å². The summed E-state index contributed by atoms with van der Waals surface area (Å²) in [4.78, 5) is 16.4.